The molecule has 1 fully saturated rings. The highest BCUT2D eigenvalue weighted by Gasteiger charge is 2.28. The van der Waals surface area contributed by atoms with Crippen LogP contribution < -0.4 is 4.90 Å². The maximum Gasteiger partial charge on any atom is 0.0750 e. The summed E-state index contributed by atoms with van der Waals surface area (Å²) in [6.07, 6.45) is 1.32. The summed E-state index contributed by atoms with van der Waals surface area (Å²) in [7, 11) is 2.09. The summed E-state index contributed by atoms with van der Waals surface area (Å²) in [5.41, 5.74) is 2.22. The Balaban J connectivity index is 2.26. The molecule has 2 atom stereocenters. The minimum atomic E-state index is 0.263. The van der Waals surface area contributed by atoms with Crippen molar-refractivity contribution in [2.75, 3.05) is 18.6 Å². The summed E-state index contributed by atoms with van der Waals surface area (Å²) in [6.45, 7) is 2.95. The van der Waals surface area contributed by atoms with Gasteiger partial charge in [0.15, 0.2) is 0 Å². The van der Waals surface area contributed by atoms with Gasteiger partial charge in [-0.1, -0.05) is 11.6 Å². The highest BCUT2D eigenvalue weighted by atomic mass is 35.5. The fraction of sp³-hybridized carbons (Fsp3) is 0.538. The molecule has 17 heavy (non-hydrogen) atoms. The molecule has 1 saturated heterocycles. The standard InChI is InChI=1S/C13H17Cl2NO/c1-9-12(5-6-17-9)16(2)13-4-3-11(15)7-10(13)8-14/h3-4,7,9,12H,5-6,8H2,1-2H3. The normalized spacial score (nSPS) is 24.0. The van der Waals surface area contributed by atoms with Crippen molar-refractivity contribution in [3.8, 4) is 0 Å². The minimum absolute atomic E-state index is 0.263. The first-order valence-electron chi connectivity index (χ1n) is 5.82. The zero-order valence-corrected chi connectivity index (χ0v) is 11.6. The molecule has 0 saturated carbocycles. The molecule has 2 nitrogen and oxygen atoms in total. The number of alkyl halides is 1. The van der Waals surface area contributed by atoms with E-state index in [9.17, 15) is 0 Å². The quantitative estimate of drug-likeness (QED) is 0.779. The summed E-state index contributed by atoms with van der Waals surface area (Å²) >= 11 is 12.0. The van der Waals surface area contributed by atoms with E-state index < -0.39 is 0 Å². The molecule has 0 aliphatic carbocycles. The molecule has 2 unspecified atom stereocenters. The predicted octanol–water partition coefficient (Wildman–Crippen LogP) is 3.69. The molecule has 4 heteroatoms. The Morgan fingerprint density at radius 3 is 2.82 bits per heavy atom. The molecule has 0 spiro atoms. The number of hydrogen-bond donors (Lipinski definition) is 0. The van der Waals surface area contributed by atoms with Crippen LogP contribution in [0.25, 0.3) is 0 Å². The van der Waals surface area contributed by atoms with E-state index in [-0.39, 0.29) is 6.10 Å². The van der Waals surface area contributed by atoms with Gasteiger partial charge in [-0.15, -0.1) is 11.6 Å². The smallest absolute Gasteiger partial charge is 0.0750 e. The molecule has 0 radical (unpaired) electrons. The summed E-state index contributed by atoms with van der Waals surface area (Å²) in [4.78, 5) is 2.26. The van der Waals surface area contributed by atoms with E-state index in [1.807, 2.05) is 18.2 Å². The zero-order valence-electron chi connectivity index (χ0n) is 10.1. The Labute approximate surface area is 112 Å². The number of anilines is 1. The van der Waals surface area contributed by atoms with E-state index in [1.54, 1.807) is 0 Å². The Morgan fingerprint density at radius 2 is 2.24 bits per heavy atom. The van der Waals surface area contributed by atoms with Gasteiger partial charge in [0.1, 0.15) is 0 Å². The van der Waals surface area contributed by atoms with Crippen molar-refractivity contribution < 1.29 is 4.74 Å². The lowest BCUT2D eigenvalue weighted by Crippen LogP contribution is -2.37. The number of rotatable bonds is 3. The van der Waals surface area contributed by atoms with E-state index in [4.69, 9.17) is 27.9 Å². The van der Waals surface area contributed by atoms with Gasteiger partial charge in [-0.2, -0.15) is 0 Å². The summed E-state index contributed by atoms with van der Waals surface area (Å²) < 4.78 is 5.60. The van der Waals surface area contributed by atoms with Crippen molar-refractivity contribution >= 4 is 28.9 Å². The second-order valence-corrected chi connectivity index (χ2v) is 5.15. The van der Waals surface area contributed by atoms with Crippen LogP contribution in [-0.4, -0.2) is 25.8 Å². The monoisotopic (exact) mass is 273 g/mol. The average molecular weight is 274 g/mol. The van der Waals surface area contributed by atoms with Gasteiger partial charge in [-0.3, -0.25) is 0 Å². The SMILES string of the molecule is CC1OCCC1N(C)c1ccc(Cl)cc1CCl. The van der Waals surface area contributed by atoms with Crippen LogP contribution in [-0.2, 0) is 10.6 Å². The molecular formula is C13H17Cl2NO. The van der Waals surface area contributed by atoms with E-state index in [1.165, 1.54) is 0 Å². The maximum atomic E-state index is 5.99. The van der Waals surface area contributed by atoms with Crippen molar-refractivity contribution in [1.82, 2.24) is 0 Å². The van der Waals surface area contributed by atoms with Crippen molar-refractivity contribution in [2.45, 2.75) is 31.4 Å². The first kappa shape index (κ1) is 13.0. The summed E-state index contributed by atoms with van der Waals surface area (Å²) in [5.74, 6) is 0.474. The van der Waals surface area contributed by atoms with Crippen LogP contribution in [0.3, 0.4) is 0 Å². The third kappa shape index (κ3) is 2.70. The van der Waals surface area contributed by atoms with Crippen LogP contribution in [0, 0.1) is 0 Å². The van der Waals surface area contributed by atoms with Crippen molar-refractivity contribution in [1.29, 1.82) is 0 Å². The number of nitrogens with zero attached hydrogens (tertiary/aromatic N) is 1. The number of benzene rings is 1. The van der Waals surface area contributed by atoms with E-state index >= 15 is 0 Å². The first-order valence-corrected chi connectivity index (χ1v) is 6.73. The zero-order chi connectivity index (χ0) is 12.4. The second-order valence-electron chi connectivity index (χ2n) is 4.45. The molecule has 0 bridgehead atoms. The van der Waals surface area contributed by atoms with Gasteiger partial charge in [0.2, 0.25) is 0 Å². The first-order chi connectivity index (χ1) is 8.13. The Morgan fingerprint density at radius 1 is 1.47 bits per heavy atom. The van der Waals surface area contributed by atoms with Crippen molar-refractivity contribution in [3.05, 3.63) is 28.8 Å². The Kier molecular flexibility index (Phi) is 4.18. The molecule has 1 aromatic rings. The van der Waals surface area contributed by atoms with Crippen LogP contribution in [0.1, 0.15) is 18.9 Å². The number of ether oxygens (including phenoxy) is 1. The van der Waals surface area contributed by atoms with Crippen LogP contribution >= 0.6 is 23.2 Å². The lowest BCUT2D eigenvalue weighted by Gasteiger charge is -2.30. The van der Waals surface area contributed by atoms with Gasteiger partial charge >= 0.3 is 0 Å². The van der Waals surface area contributed by atoms with Gasteiger partial charge < -0.3 is 9.64 Å². The highest BCUT2D eigenvalue weighted by Crippen LogP contribution is 2.30. The van der Waals surface area contributed by atoms with Crippen LogP contribution in [0.15, 0.2) is 18.2 Å². The molecule has 0 N–H and O–H groups in total. The number of hydrogen-bond acceptors (Lipinski definition) is 2. The van der Waals surface area contributed by atoms with Crippen molar-refractivity contribution in [3.63, 3.8) is 0 Å². The van der Waals surface area contributed by atoms with E-state index in [0.717, 1.165) is 29.3 Å². The molecule has 0 amide bonds. The van der Waals surface area contributed by atoms with E-state index in [2.05, 4.69) is 18.9 Å². The van der Waals surface area contributed by atoms with Gasteiger partial charge in [-0.25, -0.2) is 0 Å². The van der Waals surface area contributed by atoms with Crippen LogP contribution in [0.5, 0.6) is 0 Å². The number of likely N-dealkylation sites (N-methyl/N-ethyl adjacent to an activating group) is 1. The molecule has 0 aromatic heterocycles. The van der Waals surface area contributed by atoms with Crippen molar-refractivity contribution in [2.24, 2.45) is 0 Å². The molecule has 1 aliphatic heterocycles. The van der Waals surface area contributed by atoms with Crippen LogP contribution in [0.2, 0.25) is 5.02 Å². The largest absolute Gasteiger partial charge is 0.376 e. The molecule has 2 rings (SSSR count). The Bertz CT molecular complexity index is 397. The van der Waals surface area contributed by atoms with Gasteiger partial charge in [0.05, 0.1) is 12.1 Å². The third-order valence-electron chi connectivity index (χ3n) is 3.40. The lowest BCUT2D eigenvalue weighted by molar-refractivity contribution is 0.118. The summed E-state index contributed by atoms with van der Waals surface area (Å²) in [5, 5.41) is 0.730. The molecule has 1 heterocycles. The molecule has 1 aliphatic rings. The second kappa shape index (κ2) is 5.47. The Hall–Kier alpha value is -0.440. The van der Waals surface area contributed by atoms with Gasteiger partial charge in [0, 0.05) is 30.2 Å². The topological polar surface area (TPSA) is 12.5 Å². The fourth-order valence-corrected chi connectivity index (χ4v) is 2.82. The van der Waals surface area contributed by atoms with Gasteiger partial charge in [-0.05, 0) is 37.1 Å². The molecule has 94 valence electrons. The molecular weight excluding hydrogens is 257 g/mol. The summed E-state index contributed by atoms with van der Waals surface area (Å²) in [6, 6.07) is 6.29. The van der Waals surface area contributed by atoms with E-state index in [0.29, 0.717) is 11.9 Å². The van der Waals surface area contributed by atoms with Gasteiger partial charge in [0.25, 0.3) is 0 Å². The molecule has 1 aromatic carbocycles. The highest BCUT2D eigenvalue weighted by molar-refractivity contribution is 6.30. The fourth-order valence-electron chi connectivity index (χ4n) is 2.41. The maximum absolute atomic E-state index is 5.99. The van der Waals surface area contributed by atoms with Crippen LogP contribution in [0.4, 0.5) is 5.69 Å². The lowest BCUT2D eigenvalue weighted by atomic mass is 10.1. The third-order valence-corrected chi connectivity index (χ3v) is 3.92. The predicted molar refractivity (Wildman–Crippen MR) is 73.2 cm³/mol. The minimum Gasteiger partial charge on any atom is -0.376 e. The average Bonchev–Trinajstić information content (AvgIpc) is 2.74. The number of halogens is 2.